The summed E-state index contributed by atoms with van der Waals surface area (Å²) in [5.74, 6) is 0.678. The van der Waals surface area contributed by atoms with Gasteiger partial charge in [0.05, 0.1) is 0 Å². The van der Waals surface area contributed by atoms with Crippen molar-refractivity contribution >= 4 is 10.9 Å². The molecule has 3 rings (SSSR count). The van der Waals surface area contributed by atoms with E-state index in [0.29, 0.717) is 5.92 Å². The molecule has 15 heavy (non-hydrogen) atoms. The van der Waals surface area contributed by atoms with Crippen molar-refractivity contribution in [1.82, 2.24) is 10.3 Å². The van der Waals surface area contributed by atoms with E-state index in [1.807, 2.05) is 0 Å². The van der Waals surface area contributed by atoms with Crippen molar-refractivity contribution in [3.05, 3.63) is 35.5 Å². The lowest BCUT2D eigenvalue weighted by Gasteiger charge is -2.03. The highest BCUT2D eigenvalue weighted by Crippen LogP contribution is 2.27. The maximum atomic E-state index is 3.54. The largest absolute Gasteiger partial charge is 0.358 e. The predicted octanol–water partition coefficient (Wildman–Crippen LogP) is 2.55. The molecule has 2 heterocycles. The molecule has 0 radical (unpaired) electrons. The van der Waals surface area contributed by atoms with Gasteiger partial charge in [-0.25, -0.2) is 0 Å². The summed E-state index contributed by atoms with van der Waals surface area (Å²) in [5.41, 5.74) is 4.03. The Balaban J connectivity index is 2.09. The molecule has 2 nitrogen and oxygen atoms in total. The number of benzene rings is 1. The summed E-state index contributed by atoms with van der Waals surface area (Å²) in [5, 5.41) is 4.78. The average Bonchev–Trinajstić information content (AvgIpc) is 2.86. The van der Waals surface area contributed by atoms with Crippen molar-refractivity contribution in [2.45, 2.75) is 19.3 Å². The lowest BCUT2D eigenvalue weighted by molar-refractivity contribution is 0.743. The number of aryl methyl sites for hydroxylation is 1. The Kier molecular flexibility index (Phi) is 2.03. The maximum Gasteiger partial charge on any atom is 0.0458 e. The second-order valence-corrected chi connectivity index (χ2v) is 4.45. The summed E-state index contributed by atoms with van der Waals surface area (Å²) in [4.78, 5) is 3.54. The molecule has 0 amide bonds. The molecule has 1 unspecified atom stereocenters. The highest BCUT2D eigenvalue weighted by atomic mass is 14.9. The van der Waals surface area contributed by atoms with Crippen LogP contribution in [0.15, 0.2) is 24.3 Å². The predicted molar refractivity (Wildman–Crippen MR) is 63.3 cm³/mol. The zero-order chi connectivity index (χ0) is 10.3. The van der Waals surface area contributed by atoms with E-state index in [1.54, 1.807) is 0 Å². The Bertz CT molecular complexity index is 478. The minimum Gasteiger partial charge on any atom is -0.358 e. The van der Waals surface area contributed by atoms with Crippen LogP contribution in [-0.2, 0) is 0 Å². The quantitative estimate of drug-likeness (QED) is 0.727. The molecule has 0 spiro atoms. The summed E-state index contributed by atoms with van der Waals surface area (Å²) in [6.07, 6.45) is 1.26. The Hall–Kier alpha value is -1.28. The van der Waals surface area contributed by atoms with Gasteiger partial charge in [0.1, 0.15) is 0 Å². The van der Waals surface area contributed by atoms with Crippen LogP contribution in [0.3, 0.4) is 0 Å². The van der Waals surface area contributed by atoms with E-state index < -0.39 is 0 Å². The van der Waals surface area contributed by atoms with E-state index >= 15 is 0 Å². The number of hydrogen-bond acceptors (Lipinski definition) is 1. The number of aromatic amines is 1. The molecule has 2 N–H and O–H groups in total. The number of nitrogens with one attached hydrogen (secondary N) is 2. The molecule has 2 heteroatoms. The zero-order valence-corrected chi connectivity index (χ0v) is 9.01. The molecule has 1 atom stereocenters. The first kappa shape index (κ1) is 8.98. The van der Waals surface area contributed by atoms with Crippen LogP contribution in [-0.4, -0.2) is 18.1 Å². The van der Waals surface area contributed by atoms with Crippen LogP contribution in [0.1, 0.15) is 23.6 Å². The van der Waals surface area contributed by atoms with Crippen LogP contribution in [0.5, 0.6) is 0 Å². The fourth-order valence-electron chi connectivity index (χ4n) is 2.47. The molecule has 0 aliphatic carbocycles. The van der Waals surface area contributed by atoms with Crippen molar-refractivity contribution in [3.8, 4) is 0 Å². The summed E-state index contributed by atoms with van der Waals surface area (Å²) in [6, 6.07) is 8.77. The summed E-state index contributed by atoms with van der Waals surface area (Å²) >= 11 is 0. The second kappa shape index (κ2) is 3.38. The fraction of sp³-hybridized carbons (Fsp3) is 0.385. The summed E-state index contributed by atoms with van der Waals surface area (Å²) in [7, 11) is 0. The number of hydrogen-bond donors (Lipinski definition) is 2. The van der Waals surface area contributed by atoms with Crippen LogP contribution in [0.25, 0.3) is 10.9 Å². The van der Waals surface area contributed by atoms with Gasteiger partial charge >= 0.3 is 0 Å². The molecule has 1 aromatic carbocycles. The van der Waals surface area contributed by atoms with E-state index in [4.69, 9.17) is 0 Å². The summed E-state index contributed by atoms with van der Waals surface area (Å²) < 4.78 is 0. The van der Waals surface area contributed by atoms with Gasteiger partial charge in [-0.3, -0.25) is 0 Å². The third-order valence-electron chi connectivity index (χ3n) is 3.40. The standard InChI is InChI=1S/C13H16N2/c1-9-3-2-4-12-11(9)7-13(15-12)10-5-6-14-8-10/h2-4,7,10,14-15H,5-6,8H2,1H3. The first-order valence-corrected chi connectivity index (χ1v) is 5.63. The SMILES string of the molecule is Cc1cccc2[nH]c(C3CCNC3)cc12. The van der Waals surface area contributed by atoms with E-state index in [1.165, 1.54) is 28.6 Å². The highest BCUT2D eigenvalue weighted by molar-refractivity contribution is 5.83. The Labute approximate surface area is 89.7 Å². The fourth-order valence-corrected chi connectivity index (χ4v) is 2.47. The first-order valence-electron chi connectivity index (χ1n) is 5.63. The summed E-state index contributed by atoms with van der Waals surface area (Å²) in [6.45, 7) is 4.44. The topological polar surface area (TPSA) is 27.8 Å². The first-order chi connectivity index (χ1) is 7.34. The normalized spacial score (nSPS) is 21.3. The van der Waals surface area contributed by atoms with Gasteiger partial charge in [0, 0.05) is 29.1 Å². The molecule has 1 fully saturated rings. The van der Waals surface area contributed by atoms with Gasteiger partial charge in [-0.2, -0.15) is 0 Å². The van der Waals surface area contributed by atoms with Gasteiger partial charge in [0.25, 0.3) is 0 Å². The third-order valence-corrected chi connectivity index (χ3v) is 3.40. The Morgan fingerprint density at radius 3 is 3.00 bits per heavy atom. The monoisotopic (exact) mass is 200 g/mol. The van der Waals surface area contributed by atoms with Crippen LogP contribution >= 0.6 is 0 Å². The van der Waals surface area contributed by atoms with Gasteiger partial charge in [0.2, 0.25) is 0 Å². The van der Waals surface area contributed by atoms with Crippen molar-refractivity contribution in [2.75, 3.05) is 13.1 Å². The Morgan fingerprint density at radius 2 is 2.27 bits per heavy atom. The molecule has 78 valence electrons. The zero-order valence-electron chi connectivity index (χ0n) is 9.01. The molecule has 0 bridgehead atoms. The lowest BCUT2D eigenvalue weighted by Crippen LogP contribution is -2.07. The molecule has 1 aliphatic heterocycles. The van der Waals surface area contributed by atoms with Gasteiger partial charge in [-0.05, 0) is 37.6 Å². The van der Waals surface area contributed by atoms with Crippen molar-refractivity contribution in [2.24, 2.45) is 0 Å². The smallest absolute Gasteiger partial charge is 0.0458 e. The van der Waals surface area contributed by atoms with E-state index in [9.17, 15) is 0 Å². The molecular weight excluding hydrogens is 184 g/mol. The third kappa shape index (κ3) is 1.45. The average molecular weight is 200 g/mol. The van der Waals surface area contributed by atoms with E-state index in [-0.39, 0.29) is 0 Å². The minimum atomic E-state index is 0.678. The molecule has 2 aromatic rings. The second-order valence-electron chi connectivity index (χ2n) is 4.45. The minimum absolute atomic E-state index is 0.678. The Morgan fingerprint density at radius 1 is 1.33 bits per heavy atom. The van der Waals surface area contributed by atoms with Crippen molar-refractivity contribution in [3.63, 3.8) is 0 Å². The number of H-pyrrole nitrogens is 1. The highest BCUT2D eigenvalue weighted by Gasteiger charge is 2.18. The molecule has 1 saturated heterocycles. The molecule has 1 aliphatic rings. The van der Waals surface area contributed by atoms with Gasteiger partial charge in [-0.1, -0.05) is 12.1 Å². The number of rotatable bonds is 1. The van der Waals surface area contributed by atoms with Crippen LogP contribution < -0.4 is 5.32 Å². The van der Waals surface area contributed by atoms with E-state index in [0.717, 1.165) is 13.1 Å². The number of fused-ring (bicyclic) bond motifs is 1. The van der Waals surface area contributed by atoms with Crippen LogP contribution in [0, 0.1) is 6.92 Å². The van der Waals surface area contributed by atoms with Gasteiger partial charge < -0.3 is 10.3 Å². The number of aromatic nitrogens is 1. The van der Waals surface area contributed by atoms with Crippen LogP contribution in [0.4, 0.5) is 0 Å². The lowest BCUT2D eigenvalue weighted by atomic mass is 10.0. The molecule has 0 saturated carbocycles. The van der Waals surface area contributed by atoms with Gasteiger partial charge in [0.15, 0.2) is 0 Å². The maximum absolute atomic E-state index is 3.54. The van der Waals surface area contributed by atoms with E-state index in [2.05, 4.69) is 41.5 Å². The van der Waals surface area contributed by atoms with Crippen molar-refractivity contribution in [1.29, 1.82) is 0 Å². The van der Waals surface area contributed by atoms with Crippen molar-refractivity contribution < 1.29 is 0 Å². The molecular formula is C13H16N2. The molecule has 1 aromatic heterocycles. The van der Waals surface area contributed by atoms with Crippen LogP contribution in [0.2, 0.25) is 0 Å². The van der Waals surface area contributed by atoms with Gasteiger partial charge in [-0.15, -0.1) is 0 Å².